The molecule has 1 heterocycles. The normalized spacial score (nSPS) is 10.5. The predicted molar refractivity (Wildman–Crippen MR) is 78.0 cm³/mol. The number of likely N-dealkylation sites (N-methyl/N-ethyl adjacent to an activating group) is 2. The van der Waals surface area contributed by atoms with E-state index in [0.29, 0.717) is 19.6 Å². The van der Waals surface area contributed by atoms with Crippen LogP contribution in [0.4, 0.5) is 5.82 Å². The highest BCUT2D eigenvalue weighted by molar-refractivity contribution is 5.77. The third-order valence-electron chi connectivity index (χ3n) is 2.66. The largest absolute Gasteiger partial charge is 0.370 e. The number of nitrogens with one attached hydrogen (secondary N) is 2. The Bertz CT molecular complexity index is 395. The van der Waals surface area contributed by atoms with E-state index in [0.717, 1.165) is 24.3 Å². The maximum Gasteiger partial charge on any atom is 0.234 e. The van der Waals surface area contributed by atoms with Crippen molar-refractivity contribution < 1.29 is 4.79 Å². The fourth-order valence-corrected chi connectivity index (χ4v) is 1.81. The average Bonchev–Trinajstić information content (AvgIpc) is 2.37. The van der Waals surface area contributed by atoms with Crippen LogP contribution < -0.4 is 10.6 Å². The van der Waals surface area contributed by atoms with Gasteiger partial charge < -0.3 is 10.6 Å². The van der Waals surface area contributed by atoms with Crippen LogP contribution in [0.15, 0.2) is 18.3 Å². The molecule has 0 unspecified atom stereocenters. The molecule has 0 spiro atoms. The minimum absolute atomic E-state index is 0.0527. The highest BCUT2D eigenvalue weighted by Gasteiger charge is 2.09. The number of aromatic nitrogens is 1. The Morgan fingerprint density at radius 3 is 2.89 bits per heavy atom. The Labute approximate surface area is 115 Å². The molecule has 0 saturated heterocycles. The number of hydrogen-bond acceptors (Lipinski definition) is 4. The summed E-state index contributed by atoms with van der Waals surface area (Å²) in [5.41, 5.74) is 1.11. The van der Waals surface area contributed by atoms with Crippen molar-refractivity contribution in [1.82, 2.24) is 15.2 Å². The van der Waals surface area contributed by atoms with Gasteiger partial charge in [0.15, 0.2) is 0 Å². The lowest BCUT2D eigenvalue weighted by atomic mass is 10.2. The smallest absolute Gasteiger partial charge is 0.234 e. The van der Waals surface area contributed by atoms with Crippen molar-refractivity contribution >= 4 is 11.7 Å². The second-order valence-electron chi connectivity index (χ2n) is 4.56. The van der Waals surface area contributed by atoms with Gasteiger partial charge >= 0.3 is 0 Å². The summed E-state index contributed by atoms with van der Waals surface area (Å²) in [5.74, 6) is 0.962. The lowest BCUT2D eigenvalue weighted by Crippen LogP contribution is -2.34. The molecular weight excluding hydrogens is 240 g/mol. The summed E-state index contributed by atoms with van der Waals surface area (Å²) in [6, 6.07) is 3.96. The molecule has 0 aliphatic rings. The van der Waals surface area contributed by atoms with Gasteiger partial charge in [0.2, 0.25) is 5.91 Å². The van der Waals surface area contributed by atoms with Crippen molar-refractivity contribution in [2.45, 2.75) is 26.8 Å². The van der Waals surface area contributed by atoms with Gasteiger partial charge in [-0.2, -0.15) is 0 Å². The van der Waals surface area contributed by atoms with E-state index in [4.69, 9.17) is 0 Å². The topological polar surface area (TPSA) is 57.3 Å². The first-order valence-corrected chi connectivity index (χ1v) is 6.80. The van der Waals surface area contributed by atoms with Gasteiger partial charge in [0, 0.05) is 31.4 Å². The van der Waals surface area contributed by atoms with Crippen LogP contribution in [-0.4, -0.2) is 42.5 Å². The van der Waals surface area contributed by atoms with Crippen LogP contribution in [0.1, 0.15) is 25.8 Å². The average molecular weight is 264 g/mol. The van der Waals surface area contributed by atoms with E-state index < -0.39 is 0 Å². The molecule has 0 fully saturated rings. The Kier molecular flexibility index (Phi) is 6.89. The van der Waals surface area contributed by atoms with Gasteiger partial charge in [-0.15, -0.1) is 0 Å². The van der Waals surface area contributed by atoms with Gasteiger partial charge in [0.25, 0.3) is 0 Å². The molecule has 0 radical (unpaired) electrons. The van der Waals surface area contributed by atoms with Crippen LogP contribution in [0.25, 0.3) is 0 Å². The van der Waals surface area contributed by atoms with Crippen molar-refractivity contribution in [2.24, 2.45) is 0 Å². The molecule has 1 amide bonds. The number of pyridine rings is 1. The van der Waals surface area contributed by atoms with E-state index in [1.807, 2.05) is 31.0 Å². The van der Waals surface area contributed by atoms with Gasteiger partial charge in [-0.05, 0) is 26.5 Å². The summed E-state index contributed by atoms with van der Waals surface area (Å²) >= 11 is 0. The predicted octanol–water partition coefficient (Wildman–Crippen LogP) is 1.47. The second-order valence-corrected chi connectivity index (χ2v) is 4.56. The lowest BCUT2D eigenvalue weighted by Gasteiger charge is -2.18. The molecule has 5 heteroatoms. The van der Waals surface area contributed by atoms with Crippen molar-refractivity contribution in [3.63, 3.8) is 0 Å². The zero-order chi connectivity index (χ0) is 14.1. The van der Waals surface area contributed by atoms with Crippen LogP contribution >= 0.6 is 0 Å². The number of hydrogen-bond donors (Lipinski definition) is 2. The highest BCUT2D eigenvalue weighted by Crippen LogP contribution is 2.13. The minimum Gasteiger partial charge on any atom is -0.370 e. The molecule has 0 aliphatic carbocycles. The fraction of sp³-hybridized carbons (Fsp3) is 0.571. The van der Waals surface area contributed by atoms with E-state index in [2.05, 4.69) is 22.5 Å². The monoisotopic (exact) mass is 264 g/mol. The molecule has 0 saturated carbocycles. The van der Waals surface area contributed by atoms with Crippen LogP contribution in [0.5, 0.6) is 0 Å². The van der Waals surface area contributed by atoms with E-state index in [9.17, 15) is 4.79 Å². The van der Waals surface area contributed by atoms with Crippen molar-refractivity contribution in [3.05, 3.63) is 23.9 Å². The first kappa shape index (κ1) is 15.4. The number of rotatable bonds is 8. The van der Waals surface area contributed by atoms with Crippen molar-refractivity contribution in [2.75, 3.05) is 32.0 Å². The maximum atomic E-state index is 11.5. The molecule has 1 aromatic heterocycles. The molecule has 0 aromatic carbocycles. The molecule has 0 bridgehead atoms. The standard InChI is InChI=1S/C14H24N4O/c1-4-8-16-14-12(7-6-9-17-14)10-18(3)11-13(19)15-5-2/h6-7,9H,4-5,8,10-11H2,1-3H3,(H,15,19)(H,16,17). The summed E-state index contributed by atoms with van der Waals surface area (Å²) in [5, 5.41) is 6.11. The Morgan fingerprint density at radius 2 is 2.21 bits per heavy atom. The van der Waals surface area contributed by atoms with Crippen LogP contribution in [0, 0.1) is 0 Å². The molecule has 106 valence electrons. The number of amides is 1. The summed E-state index contributed by atoms with van der Waals surface area (Å²) < 4.78 is 0. The van der Waals surface area contributed by atoms with Gasteiger partial charge in [-0.3, -0.25) is 9.69 Å². The van der Waals surface area contributed by atoms with E-state index in [-0.39, 0.29) is 5.91 Å². The van der Waals surface area contributed by atoms with E-state index in [1.54, 1.807) is 6.20 Å². The lowest BCUT2D eigenvalue weighted by molar-refractivity contribution is -0.121. The summed E-state index contributed by atoms with van der Waals surface area (Å²) in [7, 11) is 1.94. The number of carbonyl (C=O) groups is 1. The molecule has 0 aliphatic heterocycles. The Morgan fingerprint density at radius 1 is 1.42 bits per heavy atom. The third-order valence-corrected chi connectivity index (χ3v) is 2.66. The summed E-state index contributed by atoms with van der Waals surface area (Å²) in [6.45, 7) is 6.72. The first-order valence-electron chi connectivity index (χ1n) is 6.80. The molecule has 0 atom stereocenters. The van der Waals surface area contributed by atoms with Gasteiger partial charge in [-0.25, -0.2) is 4.98 Å². The third kappa shape index (κ3) is 5.70. The van der Waals surface area contributed by atoms with Crippen LogP contribution in [0.3, 0.4) is 0 Å². The number of nitrogens with zero attached hydrogens (tertiary/aromatic N) is 2. The van der Waals surface area contributed by atoms with Crippen LogP contribution in [0.2, 0.25) is 0 Å². The molecular formula is C14H24N4O. The Hall–Kier alpha value is -1.62. The molecule has 2 N–H and O–H groups in total. The maximum absolute atomic E-state index is 11.5. The zero-order valence-corrected chi connectivity index (χ0v) is 12.1. The van der Waals surface area contributed by atoms with Crippen molar-refractivity contribution in [3.8, 4) is 0 Å². The SMILES string of the molecule is CCCNc1ncccc1CN(C)CC(=O)NCC. The van der Waals surface area contributed by atoms with Crippen LogP contribution in [-0.2, 0) is 11.3 Å². The number of carbonyl (C=O) groups excluding carboxylic acids is 1. The van der Waals surface area contributed by atoms with E-state index >= 15 is 0 Å². The highest BCUT2D eigenvalue weighted by atomic mass is 16.1. The molecule has 5 nitrogen and oxygen atoms in total. The molecule has 19 heavy (non-hydrogen) atoms. The summed E-state index contributed by atoms with van der Waals surface area (Å²) in [4.78, 5) is 17.8. The van der Waals surface area contributed by atoms with Gasteiger partial charge in [0.1, 0.15) is 5.82 Å². The zero-order valence-electron chi connectivity index (χ0n) is 12.1. The van der Waals surface area contributed by atoms with E-state index in [1.165, 1.54) is 0 Å². The van der Waals surface area contributed by atoms with Gasteiger partial charge in [0.05, 0.1) is 6.54 Å². The summed E-state index contributed by atoms with van der Waals surface area (Å²) in [6.07, 6.45) is 2.84. The Balaban J connectivity index is 2.57. The quantitative estimate of drug-likeness (QED) is 0.746. The molecule has 1 rings (SSSR count). The number of anilines is 1. The van der Waals surface area contributed by atoms with Gasteiger partial charge in [-0.1, -0.05) is 13.0 Å². The second kappa shape index (κ2) is 8.48. The molecule has 1 aromatic rings. The first-order chi connectivity index (χ1) is 9.17. The minimum atomic E-state index is 0.0527. The fourth-order valence-electron chi connectivity index (χ4n) is 1.81. The van der Waals surface area contributed by atoms with Crippen molar-refractivity contribution in [1.29, 1.82) is 0 Å².